The number of benzene rings is 2. The molecule has 2 atom stereocenters. The van der Waals surface area contributed by atoms with Gasteiger partial charge in [0.2, 0.25) is 6.79 Å². The van der Waals surface area contributed by atoms with Crippen molar-refractivity contribution in [2.75, 3.05) is 34.6 Å². The Labute approximate surface area is 166 Å². The zero-order chi connectivity index (χ0) is 19.1. The van der Waals surface area contributed by atoms with Gasteiger partial charge in [-0.15, -0.1) is 0 Å². The smallest absolute Gasteiger partial charge is 0.231 e. The fourth-order valence-electron chi connectivity index (χ4n) is 3.87. The summed E-state index contributed by atoms with van der Waals surface area (Å²) in [4.78, 5) is 2.16. The molecule has 2 aliphatic rings. The Hall–Kier alpha value is -1.96. The van der Waals surface area contributed by atoms with Crippen molar-refractivity contribution in [3.63, 3.8) is 0 Å². The molecule has 0 saturated carbocycles. The van der Waals surface area contributed by atoms with E-state index in [4.69, 9.17) is 18.9 Å². The van der Waals surface area contributed by atoms with E-state index in [0.29, 0.717) is 23.0 Å². The van der Waals surface area contributed by atoms with Crippen LogP contribution in [-0.2, 0) is 6.42 Å². The Morgan fingerprint density at radius 3 is 2.67 bits per heavy atom. The van der Waals surface area contributed by atoms with Crippen molar-refractivity contribution in [2.24, 2.45) is 0 Å². The van der Waals surface area contributed by atoms with Gasteiger partial charge in [0.25, 0.3) is 0 Å². The lowest BCUT2D eigenvalue weighted by atomic mass is 9.86. The Kier molecular flexibility index (Phi) is 4.92. The number of ether oxygens (including phenoxy) is 4. The minimum absolute atomic E-state index is 0.191. The molecule has 0 spiro atoms. The normalized spacial score (nSPS) is 19.5. The topological polar surface area (TPSA) is 60.4 Å². The Morgan fingerprint density at radius 2 is 1.93 bits per heavy atom. The molecule has 0 bridgehead atoms. The molecule has 0 radical (unpaired) electrons. The van der Waals surface area contributed by atoms with Crippen molar-refractivity contribution in [2.45, 2.75) is 18.6 Å². The second-order valence-electron chi connectivity index (χ2n) is 6.73. The molecule has 0 unspecified atom stereocenters. The van der Waals surface area contributed by atoms with E-state index in [-0.39, 0.29) is 12.8 Å². The summed E-state index contributed by atoms with van der Waals surface area (Å²) in [7, 11) is 5.28. The van der Waals surface area contributed by atoms with Gasteiger partial charge >= 0.3 is 0 Å². The van der Waals surface area contributed by atoms with Crippen LogP contribution in [0.15, 0.2) is 28.7 Å². The summed E-state index contributed by atoms with van der Waals surface area (Å²) in [6, 6.07) is 7.48. The summed E-state index contributed by atoms with van der Waals surface area (Å²) in [6.45, 7) is 1.03. The van der Waals surface area contributed by atoms with Crippen LogP contribution in [0.1, 0.15) is 28.8 Å². The molecular formula is C20H22BrNO5. The van der Waals surface area contributed by atoms with E-state index in [1.54, 1.807) is 14.2 Å². The molecule has 2 heterocycles. The van der Waals surface area contributed by atoms with Gasteiger partial charge in [-0.05, 0) is 58.7 Å². The number of hydrogen-bond donors (Lipinski definition) is 1. The zero-order valence-corrected chi connectivity index (χ0v) is 17.1. The maximum absolute atomic E-state index is 11.3. The van der Waals surface area contributed by atoms with Gasteiger partial charge in [-0.3, -0.25) is 4.90 Å². The first-order valence-corrected chi connectivity index (χ1v) is 9.55. The Bertz CT molecular complexity index is 872. The number of hydrogen-bond acceptors (Lipinski definition) is 6. The van der Waals surface area contributed by atoms with Crippen LogP contribution >= 0.6 is 15.9 Å². The first-order chi connectivity index (χ1) is 13.0. The van der Waals surface area contributed by atoms with Gasteiger partial charge < -0.3 is 24.1 Å². The largest absolute Gasteiger partial charge is 0.493 e. The second kappa shape index (κ2) is 7.22. The zero-order valence-electron chi connectivity index (χ0n) is 15.5. The van der Waals surface area contributed by atoms with Crippen molar-refractivity contribution in [3.8, 4) is 23.0 Å². The van der Waals surface area contributed by atoms with Crippen LogP contribution in [0, 0.1) is 0 Å². The maximum atomic E-state index is 11.3. The van der Waals surface area contributed by atoms with Gasteiger partial charge in [-0.2, -0.15) is 0 Å². The van der Waals surface area contributed by atoms with Gasteiger partial charge in [-0.1, -0.05) is 6.07 Å². The van der Waals surface area contributed by atoms with Gasteiger partial charge in [0.15, 0.2) is 23.0 Å². The third-order valence-corrected chi connectivity index (χ3v) is 6.12. The van der Waals surface area contributed by atoms with Crippen molar-refractivity contribution in [1.82, 2.24) is 4.90 Å². The van der Waals surface area contributed by atoms with E-state index in [1.807, 2.05) is 31.3 Å². The number of fused-ring (bicyclic) bond motifs is 2. The minimum Gasteiger partial charge on any atom is -0.493 e. The number of likely N-dealkylation sites (N-methyl/N-ethyl adjacent to an activating group) is 1. The third-order valence-electron chi connectivity index (χ3n) is 5.30. The molecule has 7 heteroatoms. The molecule has 2 aliphatic heterocycles. The van der Waals surface area contributed by atoms with Crippen molar-refractivity contribution < 1.29 is 24.1 Å². The van der Waals surface area contributed by atoms with Gasteiger partial charge in [0.05, 0.1) is 30.8 Å². The summed E-state index contributed by atoms with van der Waals surface area (Å²) in [5.41, 5.74) is 2.96. The summed E-state index contributed by atoms with van der Waals surface area (Å²) in [5.74, 6) is 2.69. The van der Waals surface area contributed by atoms with Crippen LogP contribution in [-0.4, -0.2) is 44.6 Å². The molecule has 144 valence electrons. The standard InChI is InChI=1S/C20H22BrNO5/c1-22-7-6-11-8-15(24-2)16(25-3)9-13(11)18(22)19(23)12-4-5-14-20(17(12)21)27-10-26-14/h4-5,8-9,18-19,23H,6-7,10H2,1-3H3/t18-,19-/m1/s1. The lowest BCUT2D eigenvalue weighted by Crippen LogP contribution is -2.36. The molecule has 2 aromatic carbocycles. The van der Waals surface area contributed by atoms with E-state index < -0.39 is 6.10 Å². The average molecular weight is 436 g/mol. The van der Waals surface area contributed by atoms with E-state index in [2.05, 4.69) is 20.8 Å². The second-order valence-corrected chi connectivity index (χ2v) is 7.52. The predicted octanol–water partition coefficient (Wildman–Crippen LogP) is 3.46. The highest BCUT2D eigenvalue weighted by atomic mass is 79.9. The highest BCUT2D eigenvalue weighted by Gasteiger charge is 2.35. The van der Waals surface area contributed by atoms with Crippen molar-refractivity contribution in [3.05, 3.63) is 45.4 Å². The van der Waals surface area contributed by atoms with Gasteiger partial charge in [-0.25, -0.2) is 0 Å². The van der Waals surface area contributed by atoms with E-state index in [0.717, 1.165) is 34.1 Å². The van der Waals surface area contributed by atoms with Gasteiger partial charge in [0.1, 0.15) is 0 Å². The Morgan fingerprint density at radius 1 is 1.19 bits per heavy atom. The lowest BCUT2D eigenvalue weighted by Gasteiger charge is -2.38. The SMILES string of the molecule is COc1cc2c(cc1OC)[C@H]([C@H](O)c1ccc3c(c1Br)OCO3)N(C)CC2. The number of aliphatic hydroxyl groups excluding tert-OH is 1. The molecule has 0 aromatic heterocycles. The molecule has 0 amide bonds. The van der Waals surface area contributed by atoms with Crippen LogP contribution in [0.25, 0.3) is 0 Å². The number of methoxy groups -OCH3 is 2. The number of aliphatic hydroxyl groups is 1. The van der Waals surface area contributed by atoms with E-state index in [1.165, 1.54) is 0 Å². The summed E-state index contributed by atoms with van der Waals surface area (Å²) in [6.07, 6.45) is 0.133. The van der Waals surface area contributed by atoms with E-state index in [9.17, 15) is 5.11 Å². The first-order valence-electron chi connectivity index (χ1n) is 8.76. The maximum Gasteiger partial charge on any atom is 0.231 e. The van der Waals surface area contributed by atoms with Gasteiger partial charge in [0, 0.05) is 12.1 Å². The van der Waals surface area contributed by atoms with Crippen LogP contribution in [0.2, 0.25) is 0 Å². The van der Waals surface area contributed by atoms with Crippen LogP contribution in [0.4, 0.5) is 0 Å². The molecule has 2 aromatic rings. The fraction of sp³-hybridized carbons (Fsp3) is 0.400. The number of rotatable bonds is 4. The molecule has 1 N–H and O–H groups in total. The molecule has 0 aliphatic carbocycles. The minimum atomic E-state index is -0.754. The number of halogens is 1. The predicted molar refractivity (Wildman–Crippen MR) is 104 cm³/mol. The molecule has 4 rings (SSSR count). The quantitative estimate of drug-likeness (QED) is 0.793. The monoisotopic (exact) mass is 435 g/mol. The molecule has 0 fully saturated rings. The molecular weight excluding hydrogens is 414 g/mol. The summed E-state index contributed by atoms with van der Waals surface area (Å²) >= 11 is 3.58. The Balaban J connectivity index is 1.78. The van der Waals surface area contributed by atoms with Crippen molar-refractivity contribution >= 4 is 15.9 Å². The lowest BCUT2D eigenvalue weighted by molar-refractivity contribution is 0.0551. The highest BCUT2D eigenvalue weighted by Crippen LogP contribution is 2.48. The highest BCUT2D eigenvalue weighted by molar-refractivity contribution is 9.10. The molecule has 0 saturated heterocycles. The van der Waals surface area contributed by atoms with Crippen LogP contribution in [0.5, 0.6) is 23.0 Å². The summed E-state index contributed by atoms with van der Waals surface area (Å²) in [5, 5.41) is 11.3. The average Bonchev–Trinajstić information content (AvgIpc) is 3.16. The molecule has 6 nitrogen and oxygen atoms in total. The van der Waals surface area contributed by atoms with Crippen LogP contribution in [0.3, 0.4) is 0 Å². The van der Waals surface area contributed by atoms with E-state index >= 15 is 0 Å². The molecule has 27 heavy (non-hydrogen) atoms. The number of nitrogens with zero attached hydrogens (tertiary/aromatic N) is 1. The third kappa shape index (κ3) is 3.03. The fourth-order valence-corrected chi connectivity index (χ4v) is 4.54. The van der Waals surface area contributed by atoms with Crippen molar-refractivity contribution in [1.29, 1.82) is 0 Å². The van der Waals surface area contributed by atoms with Crippen LogP contribution < -0.4 is 18.9 Å². The summed E-state index contributed by atoms with van der Waals surface area (Å²) < 4.78 is 22.6. The first kappa shape index (κ1) is 18.4.